The molecule has 6 heteroatoms. The maximum atomic E-state index is 12.1. The van der Waals surface area contributed by atoms with Crippen LogP contribution in [-0.4, -0.2) is 36.8 Å². The fourth-order valence-electron chi connectivity index (χ4n) is 2.16. The molecule has 0 radical (unpaired) electrons. The zero-order valence-electron chi connectivity index (χ0n) is 13.0. The molecule has 6 nitrogen and oxygen atoms in total. The highest BCUT2D eigenvalue weighted by Crippen LogP contribution is 2.32. The van der Waals surface area contributed by atoms with E-state index in [1.807, 2.05) is 13.8 Å². The molecule has 0 saturated heterocycles. The number of Topliss-reactive ketones (excluding diaryl/α,β-unsaturated/α-hetero) is 1. The van der Waals surface area contributed by atoms with E-state index >= 15 is 0 Å². The predicted molar refractivity (Wildman–Crippen MR) is 82.2 cm³/mol. The van der Waals surface area contributed by atoms with Gasteiger partial charge in [-0.3, -0.25) is 19.3 Å². The minimum atomic E-state index is -0.299. The Balaban J connectivity index is 2.25. The van der Waals surface area contributed by atoms with Crippen LogP contribution in [0.4, 0.5) is 5.69 Å². The van der Waals surface area contributed by atoms with Crippen LogP contribution in [0.3, 0.4) is 0 Å². The van der Waals surface area contributed by atoms with Crippen LogP contribution in [0.1, 0.15) is 37.6 Å². The third-order valence-electron chi connectivity index (χ3n) is 3.63. The van der Waals surface area contributed by atoms with E-state index in [9.17, 15) is 14.4 Å². The lowest BCUT2D eigenvalue weighted by molar-refractivity contribution is -0.125. The number of nitrogens with zero attached hydrogens (tertiary/aromatic N) is 1. The molecule has 0 unspecified atom stereocenters. The topological polar surface area (TPSA) is 75.7 Å². The second-order valence-corrected chi connectivity index (χ2v) is 5.38. The molecule has 0 aromatic heterocycles. The third kappa shape index (κ3) is 3.44. The van der Waals surface area contributed by atoms with Gasteiger partial charge in [0.1, 0.15) is 12.3 Å². The normalized spacial score (nSPS) is 14.9. The van der Waals surface area contributed by atoms with Gasteiger partial charge in [0, 0.05) is 11.6 Å². The zero-order chi connectivity index (χ0) is 16.3. The van der Waals surface area contributed by atoms with E-state index < -0.39 is 0 Å². The first-order chi connectivity index (χ1) is 10.4. The van der Waals surface area contributed by atoms with Crippen LogP contribution in [0.5, 0.6) is 5.75 Å². The summed E-state index contributed by atoms with van der Waals surface area (Å²) in [5, 5.41) is 2.83. The molecule has 118 valence electrons. The molecule has 0 spiro atoms. The van der Waals surface area contributed by atoms with Crippen molar-refractivity contribution in [2.24, 2.45) is 0 Å². The molecule has 1 aliphatic rings. The molecule has 0 saturated carbocycles. The molecule has 2 rings (SSSR count). The zero-order valence-corrected chi connectivity index (χ0v) is 13.0. The quantitative estimate of drug-likeness (QED) is 0.837. The molecule has 1 N–H and O–H groups in total. The lowest BCUT2D eigenvalue weighted by Crippen LogP contribution is -2.46. The Kier molecular flexibility index (Phi) is 4.80. The number of hydrogen-bond donors (Lipinski definition) is 1. The van der Waals surface area contributed by atoms with Crippen LogP contribution < -0.4 is 15.0 Å². The number of ether oxygens (including phenoxy) is 1. The van der Waals surface area contributed by atoms with Crippen molar-refractivity contribution in [3.8, 4) is 5.75 Å². The summed E-state index contributed by atoms with van der Waals surface area (Å²) in [6.07, 6.45) is 0.813. The average molecular weight is 304 g/mol. The summed E-state index contributed by atoms with van der Waals surface area (Å²) in [4.78, 5) is 37.0. The van der Waals surface area contributed by atoms with Crippen molar-refractivity contribution in [2.45, 2.75) is 33.2 Å². The van der Waals surface area contributed by atoms with Crippen molar-refractivity contribution < 1.29 is 19.1 Å². The molecule has 1 atom stereocenters. The van der Waals surface area contributed by atoms with Crippen molar-refractivity contribution >= 4 is 23.3 Å². The standard InChI is InChI=1S/C16H20N2O4/c1-4-10(2)17-15(20)8-18-13-7-12(11(3)19)5-6-14(13)22-9-16(18)21/h5-7,10H,4,8-9H2,1-3H3,(H,17,20)/t10-/m0/s1. The van der Waals surface area contributed by atoms with E-state index in [0.717, 1.165) is 6.42 Å². The van der Waals surface area contributed by atoms with Crippen molar-refractivity contribution in [1.29, 1.82) is 0 Å². The fourth-order valence-corrected chi connectivity index (χ4v) is 2.16. The summed E-state index contributed by atoms with van der Waals surface area (Å²) in [5.41, 5.74) is 0.938. The highest BCUT2D eigenvalue weighted by atomic mass is 16.5. The minimum absolute atomic E-state index is 0.0478. The highest BCUT2D eigenvalue weighted by molar-refractivity contribution is 6.04. The van der Waals surface area contributed by atoms with Crippen LogP contribution in [0.2, 0.25) is 0 Å². The molecule has 1 aliphatic heterocycles. The van der Waals surface area contributed by atoms with Crippen molar-refractivity contribution in [3.05, 3.63) is 23.8 Å². The Hall–Kier alpha value is -2.37. The van der Waals surface area contributed by atoms with Crippen LogP contribution >= 0.6 is 0 Å². The third-order valence-corrected chi connectivity index (χ3v) is 3.63. The van der Waals surface area contributed by atoms with Gasteiger partial charge in [-0.2, -0.15) is 0 Å². The Morgan fingerprint density at radius 1 is 1.41 bits per heavy atom. The van der Waals surface area contributed by atoms with Crippen molar-refractivity contribution in [1.82, 2.24) is 5.32 Å². The van der Waals surface area contributed by atoms with Gasteiger partial charge in [-0.1, -0.05) is 6.92 Å². The minimum Gasteiger partial charge on any atom is -0.482 e. The van der Waals surface area contributed by atoms with Crippen LogP contribution in [-0.2, 0) is 9.59 Å². The number of anilines is 1. The Morgan fingerprint density at radius 2 is 2.14 bits per heavy atom. The van der Waals surface area contributed by atoms with E-state index in [1.165, 1.54) is 11.8 Å². The monoisotopic (exact) mass is 304 g/mol. The molecule has 1 heterocycles. The number of carbonyl (C=O) groups excluding carboxylic acids is 3. The summed E-state index contributed by atoms with van der Waals surface area (Å²) in [5.74, 6) is -0.137. The molecule has 1 aromatic carbocycles. The van der Waals surface area contributed by atoms with Crippen molar-refractivity contribution in [3.63, 3.8) is 0 Å². The van der Waals surface area contributed by atoms with E-state index in [4.69, 9.17) is 4.74 Å². The molecule has 0 aliphatic carbocycles. The van der Waals surface area contributed by atoms with Crippen molar-refractivity contribution in [2.75, 3.05) is 18.1 Å². The lowest BCUT2D eigenvalue weighted by Gasteiger charge is -2.29. The van der Waals surface area contributed by atoms with Gasteiger partial charge < -0.3 is 10.1 Å². The largest absolute Gasteiger partial charge is 0.482 e. The second-order valence-electron chi connectivity index (χ2n) is 5.38. The summed E-state index contributed by atoms with van der Waals surface area (Å²) in [6.45, 7) is 5.14. The number of rotatable bonds is 5. The smallest absolute Gasteiger partial charge is 0.265 e. The van der Waals surface area contributed by atoms with E-state index in [-0.39, 0.29) is 36.8 Å². The first kappa shape index (κ1) is 16.0. The first-order valence-electron chi connectivity index (χ1n) is 7.30. The van der Waals surface area contributed by atoms with Gasteiger partial charge in [0.05, 0.1) is 5.69 Å². The molecule has 0 bridgehead atoms. The molecule has 1 aromatic rings. The second kappa shape index (κ2) is 6.60. The average Bonchev–Trinajstić information content (AvgIpc) is 2.49. The summed E-state index contributed by atoms with van der Waals surface area (Å²) >= 11 is 0. The number of hydrogen-bond acceptors (Lipinski definition) is 4. The number of amides is 2. The summed E-state index contributed by atoms with van der Waals surface area (Å²) < 4.78 is 5.35. The molecular weight excluding hydrogens is 284 g/mol. The summed E-state index contributed by atoms with van der Waals surface area (Å²) in [6, 6.07) is 4.93. The van der Waals surface area contributed by atoms with Gasteiger partial charge in [0.2, 0.25) is 5.91 Å². The van der Waals surface area contributed by atoms with Crippen LogP contribution in [0, 0.1) is 0 Å². The van der Waals surface area contributed by atoms with Gasteiger partial charge in [-0.25, -0.2) is 0 Å². The fraction of sp³-hybridized carbons (Fsp3) is 0.438. The lowest BCUT2D eigenvalue weighted by atomic mass is 10.1. The molecule has 22 heavy (non-hydrogen) atoms. The van der Waals surface area contributed by atoms with Gasteiger partial charge in [0.15, 0.2) is 12.4 Å². The summed E-state index contributed by atoms with van der Waals surface area (Å²) in [7, 11) is 0. The first-order valence-corrected chi connectivity index (χ1v) is 7.30. The Labute approximate surface area is 129 Å². The van der Waals surface area contributed by atoms with Gasteiger partial charge in [-0.05, 0) is 38.5 Å². The number of nitrogens with one attached hydrogen (secondary N) is 1. The van der Waals surface area contributed by atoms with Crippen LogP contribution in [0.25, 0.3) is 0 Å². The SMILES string of the molecule is CC[C@H](C)NC(=O)CN1C(=O)COc2ccc(C(C)=O)cc21. The predicted octanol–water partition coefficient (Wildman–Crippen LogP) is 1.53. The van der Waals surface area contributed by atoms with E-state index in [2.05, 4.69) is 5.32 Å². The Bertz CT molecular complexity index is 612. The number of benzene rings is 1. The number of ketones is 1. The van der Waals surface area contributed by atoms with Gasteiger partial charge >= 0.3 is 0 Å². The number of fused-ring (bicyclic) bond motifs is 1. The number of carbonyl (C=O) groups is 3. The van der Waals surface area contributed by atoms with Gasteiger partial charge in [-0.15, -0.1) is 0 Å². The maximum Gasteiger partial charge on any atom is 0.265 e. The molecule has 2 amide bonds. The van der Waals surface area contributed by atoms with Crippen LogP contribution in [0.15, 0.2) is 18.2 Å². The Morgan fingerprint density at radius 3 is 2.77 bits per heavy atom. The highest BCUT2D eigenvalue weighted by Gasteiger charge is 2.28. The molecular formula is C16H20N2O4. The maximum absolute atomic E-state index is 12.1. The van der Waals surface area contributed by atoms with E-state index in [0.29, 0.717) is 17.0 Å². The van der Waals surface area contributed by atoms with Gasteiger partial charge in [0.25, 0.3) is 5.91 Å². The molecule has 0 fully saturated rings. The van der Waals surface area contributed by atoms with E-state index in [1.54, 1.807) is 18.2 Å².